The van der Waals surface area contributed by atoms with Crippen LogP contribution in [0.2, 0.25) is 0 Å². The summed E-state index contributed by atoms with van der Waals surface area (Å²) in [6, 6.07) is 4.56. The molecule has 3 aromatic rings. The molecule has 4 rings (SSSR count). The normalized spacial score (nSPS) is 18.5. The summed E-state index contributed by atoms with van der Waals surface area (Å²) in [6.07, 6.45) is 6.20. The molecule has 32 heavy (non-hydrogen) atoms. The number of urea groups is 1. The molecule has 0 unspecified atom stereocenters. The number of benzene rings is 1. The maximum Gasteiger partial charge on any atom is 0.332 e. The van der Waals surface area contributed by atoms with Gasteiger partial charge in [-0.3, -0.25) is 14.5 Å². The molecule has 0 radical (unpaired) electrons. The fraction of sp³-hybridized carbons (Fsp3) is 0.217. The predicted octanol–water partition coefficient (Wildman–Crippen LogP) is 3.20. The number of hydrogen-bond donors (Lipinski definition) is 0. The largest absolute Gasteiger partial charge is 0.332 e. The highest BCUT2D eigenvalue weighted by Crippen LogP contribution is 2.38. The van der Waals surface area contributed by atoms with Crippen LogP contribution in [0.25, 0.3) is 0 Å². The van der Waals surface area contributed by atoms with E-state index in [-0.39, 0.29) is 12.0 Å². The average Bonchev–Trinajstić information content (AvgIpc) is 3.20. The first-order chi connectivity index (χ1) is 15.2. The number of aromatic nitrogens is 3. The van der Waals surface area contributed by atoms with E-state index in [1.807, 2.05) is 0 Å². The number of rotatable bonds is 2. The standard InChI is InChI=1S/C23H19F2N5O2/c1-23(17-13-27-28(2)14-17)11-20(31)30(22(32)29(23)3)21-18(24)9-16(10-19(21)25)7-6-15-5-4-8-26-12-15/h4-5,8-10,12-14H,11H2,1-3H3/t23-/m0/s1. The average molecular weight is 435 g/mol. The number of carbonyl (C=O) groups excluding carboxylic acids is 2. The molecule has 9 heteroatoms. The Balaban J connectivity index is 1.67. The van der Waals surface area contributed by atoms with Gasteiger partial charge >= 0.3 is 6.03 Å². The molecule has 0 bridgehead atoms. The van der Waals surface area contributed by atoms with Crippen LogP contribution >= 0.6 is 0 Å². The third-order valence-electron chi connectivity index (χ3n) is 5.54. The summed E-state index contributed by atoms with van der Waals surface area (Å²) in [5, 5.41) is 4.09. The number of hydrogen-bond acceptors (Lipinski definition) is 4. The molecule has 7 nitrogen and oxygen atoms in total. The third kappa shape index (κ3) is 3.60. The highest BCUT2D eigenvalue weighted by atomic mass is 19.1. The molecule has 3 heterocycles. The van der Waals surface area contributed by atoms with Gasteiger partial charge in [0.25, 0.3) is 0 Å². The lowest BCUT2D eigenvalue weighted by atomic mass is 9.87. The van der Waals surface area contributed by atoms with E-state index in [1.54, 1.807) is 49.4 Å². The number of amides is 3. The number of nitrogens with zero attached hydrogens (tertiary/aromatic N) is 5. The molecular weight excluding hydrogens is 416 g/mol. The van der Waals surface area contributed by atoms with E-state index in [0.29, 0.717) is 16.0 Å². The van der Waals surface area contributed by atoms with E-state index in [9.17, 15) is 18.4 Å². The first kappa shape index (κ1) is 21.2. The van der Waals surface area contributed by atoms with Crippen LogP contribution in [0.3, 0.4) is 0 Å². The molecule has 3 amide bonds. The minimum absolute atomic E-state index is 0.0677. The predicted molar refractivity (Wildman–Crippen MR) is 112 cm³/mol. The lowest BCUT2D eigenvalue weighted by Gasteiger charge is -2.45. The first-order valence-corrected chi connectivity index (χ1v) is 9.71. The molecule has 0 spiro atoms. The lowest BCUT2D eigenvalue weighted by molar-refractivity contribution is -0.122. The van der Waals surface area contributed by atoms with E-state index in [4.69, 9.17) is 0 Å². The zero-order valence-corrected chi connectivity index (χ0v) is 17.6. The van der Waals surface area contributed by atoms with Gasteiger partial charge < -0.3 is 4.90 Å². The second kappa shape index (κ2) is 7.89. The van der Waals surface area contributed by atoms with Crippen molar-refractivity contribution in [3.8, 4) is 11.8 Å². The summed E-state index contributed by atoms with van der Waals surface area (Å²) in [6.45, 7) is 1.71. The molecule has 1 aliphatic rings. The van der Waals surface area contributed by atoms with Crippen molar-refractivity contribution in [2.75, 3.05) is 11.9 Å². The lowest BCUT2D eigenvalue weighted by Crippen LogP contribution is -2.60. The molecule has 1 aliphatic heterocycles. The van der Waals surface area contributed by atoms with Crippen molar-refractivity contribution in [2.24, 2.45) is 7.05 Å². The Morgan fingerprint density at radius 1 is 1.06 bits per heavy atom. The molecule has 1 atom stereocenters. The quantitative estimate of drug-likeness (QED) is 0.580. The van der Waals surface area contributed by atoms with Gasteiger partial charge in [0.2, 0.25) is 5.91 Å². The zero-order valence-electron chi connectivity index (χ0n) is 17.6. The van der Waals surface area contributed by atoms with Crippen molar-refractivity contribution in [3.05, 3.63) is 77.4 Å². The van der Waals surface area contributed by atoms with Gasteiger partial charge in [-0.1, -0.05) is 11.8 Å². The van der Waals surface area contributed by atoms with Gasteiger partial charge in [-0.15, -0.1) is 0 Å². The summed E-state index contributed by atoms with van der Waals surface area (Å²) in [5.74, 6) is 2.60. The molecular formula is C23H19F2N5O2. The molecule has 0 saturated carbocycles. The number of carbonyl (C=O) groups is 2. The molecule has 1 saturated heterocycles. The summed E-state index contributed by atoms with van der Waals surface area (Å²) >= 11 is 0. The van der Waals surface area contributed by atoms with Crippen LogP contribution in [-0.2, 0) is 17.4 Å². The van der Waals surface area contributed by atoms with E-state index >= 15 is 0 Å². The fourth-order valence-electron chi connectivity index (χ4n) is 3.61. The number of anilines is 1. The first-order valence-electron chi connectivity index (χ1n) is 9.71. The molecule has 0 N–H and O–H groups in total. The number of pyridine rings is 1. The Hall–Kier alpha value is -4.06. The van der Waals surface area contributed by atoms with Gasteiger partial charge in [-0.05, 0) is 31.2 Å². The van der Waals surface area contributed by atoms with Gasteiger partial charge in [0.05, 0.1) is 18.2 Å². The second-order valence-corrected chi connectivity index (χ2v) is 7.70. The van der Waals surface area contributed by atoms with Crippen LogP contribution in [0.1, 0.15) is 30.0 Å². The highest BCUT2D eigenvalue weighted by Gasteiger charge is 2.48. The van der Waals surface area contributed by atoms with Crippen molar-refractivity contribution in [3.63, 3.8) is 0 Å². The van der Waals surface area contributed by atoms with Crippen LogP contribution in [0.5, 0.6) is 0 Å². The Kier molecular flexibility index (Phi) is 5.22. The monoisotopic (exact) mass is 435 g/mol. The van der Waals surface area contributed by atoms with Gasteiger partial charge in [-0.2, -0.15) is 5.10 Å². The topological polar surface area (TPSA) is 71.3 Å². The van der Waals surface area contributed by atoms with Crippen LogP contribution in [0.4, 0.5) is 19.3 Å². The highest BCUT2D eigenvalue weighted by molar-refractivity contribution is 6.16. The number of imide groups is 1. The van der Waals surface area contributed by atoms with Crippen LogP contribution < -0.4 is 4.90 Å². The minimum atomic E-state index is -1.06. The van der Waals surface area contributed by atoms with Gasteiger partial charge in [0, 0.05) is 49.4 Å². The Morgan fingerprint density at radius 3 is 2.34 bits per heavy atom. The van der Waals surface area contributed by atoms with E-state index in [0.717, 1.165) is 12.1 Å². The van der Waals surface area contributed by atoms with Crippen molar-refractivity contribution in [2.45, 2.75) is 18.9 Å². The number of aryl methyl sites for hydroxylation is 1. The van der Waals surface area contributed by atoms with Crippen LogP contribution in [0.15, 0.2) is 49.1 Å². The minimum Gasteiger partial charge on any atom is -0.317 e. The molecule has 2 aromatic heterocycles. The van der Waals surface area contributed by atoms with Crippen molar-refractivity contribution in [1.82, 2.24) is 19.7 Å². The van der Waals surface area contributed by atoms with Crippen LogP contribution in [0, 0.1) is 23.5 Å². The van der Waals surface area contributed by atoms with Crippen molar-refractivity contribution >= 4 is 17.6 Å². The Bertz CT molecular complexity index is 1260. The molecule has 162 valence electrons. The summed E-state index contributed by atoms with van der Waals surface area (Å²) in [7, 11) is 3.20. The van der Waals surface area contributed by atoms with E-state index in [2.05, 4.69) is 21.9 Å². The molecule has 1 aromatic carbocycles. The van der Waals surface area contributed by atoms with E-state index in [1.165, 1.54) is 18.1 Å². The smallest absolute Gasteiger partial charge is 0.317 e. The summed E-state index contributed by atoms with van der Waals surface area (Å²) in [5.41, 5.74) is -0.424. The molecule has 1 fully saturated rings. The Labute approximate surface area is 183 Å². The maximum atomic E-state index is 14.9. The van der Waals surface area contributed by atoms with Gasteiger partial charge in [0.15, 0.2) is 11.6 Å². The molecule has 0 aliphatic carbocycles. The second-order valence-electron chi connectivity index (χ2n) is 7.70. The number of halogens is 2. The summed E-state index contributed by atoms with van der Waals surface area (Å²) < 4.78 is 31.4. The third-order valence-corrected chi connectivity index (χ3v) is 5.54. The zero-order chi connectivity index (χ0) is 23.0. The fourth-order valence-corrected chi connectivity index (χ4v) is 3.61. The Morgan fingerprint density at radius 2 is 1.75 bits per heavy atom. The van der Waals surface area contributed by atoms with Crippen LogP contribution in [-0.4, -0.2) is 38.7 Å². The van der Waals surface area contributed by atoms with Gasteiger partial charge in [0.1, 0.15) is 5.69 Å². The van der Waals surface area contributed by atoms with E-state index < -0.39 is 34.8 Å². The van der Waals surface area contributed by atoms with Crippen molar-refractivity contribution < 1.29 is 18.4 Å². The SMILES string of the molecule is CN1C(=O)N(c2c(F)cc(C#Cc3cccnc3)cc2F)C(=O)C[C@@]1(C)c1cnn(C)c1. The summed E-state index contributed by atoms with van der Waals surface area (Å²) in [4.78, 5) is 31.8. The van der Waals surface area contributed by atoms with Gasteiger partial charge in [-0.25, -0.2) is 18.5 Å². The maximum absolute atomic E-state index is 14.9. The van der Waals surface area contributed by atoms with Crippen molar-refractivity contribution in [1.29, 1.82) is 0 Å².